The Morgan fingerprint density at radius 3 is 2.44 bits per heavy atom. The Morgan fingerprint density at radius 1 is 1.08 bits per heavy atom. The van der Waals surface area contributed by atoms with Crippen molar-refractivity contribution >= 4 is 54.6 Å². The minimum absolute atomic E-state index is 0.0132. The van der Waals surface area contributed by atoms with Crippen molar-refractivity contribution in [1.29, 1.82) is 0 Å². The molecular formula is C27H22N2O6S. The van der Waals surface area contributed by atoms with Crippen LogP contribution in [0.5, 0.6) is 5.75 Å². The van der Waals surface area contributed by atoms with Crippen LogP contribution in [0.4, 0.5) is 0 Å². The fourth-order valence-corrected chi connectivity index (χ4v) is 5.77. The van der Waals surface area contributed by atoms with Gasteiger partial charge >= 0.3 is 11.6 Å². The summed E-state index contributed by atoms with van der Waals surface area (Å²) in [4.78, 5) is 47.9. The monoisotopic (exact) mass is 502 g/mol. The van der Waals surface area contributed by atoms with Crippen LogP contribution in [0.2, 0.25) is 0 Å². The number of hydrogen-bond donors (Lipinski definition) is 0. The average Bonchev–Trinajstić information content (AvgIpc) is 3.19. The highest BCUT2D eigenvalue weighted by atomic mass is 32.1. The van der Waals surface area contributed by atoms with E-state index in [-0.39, 0.29) is 23.7 Å². The van der Waals surface area contributed by atoms with Gasteiger partial charge < -0.3 is 13.9 Å². The number of nitrogens with zero attached hydrogens (tertiary/aromatic N) is 2. The molecule has 5 aromatic rings. The van der Waals surface area contributed by atoms with E-state index < -0.39 is 11.6 Å². The highest BCUT2D eigenvalue weighted by molar-refractivity contribution is 7.26. The van der Waals surface area contributed by atoms with Crippen LogP contribution in [0.15, 0.2) is 39.5 Å². The van der Waals surface area contributed by atoms with E-state index in [1.54, 1.807) is 27.0 Å². The van der Waals surface area contributed by atoms with Crippen LogP contribution in [0.25, 0.3) is 42.7 Å². The molecule has 0 saturated carbocycles. The molecule has 0 saturated heterocycles. The standard InChI is InChI=1S/C27H22N2O6S/c1-6-34-26(31)17-11-12(2)28-25-21(17)22-23(36-25)20(15-7-9-16(33-5)10-8-15)19-13(3)18(14(4)30)27(32)35-24(19)29-22/h7-11H,6H2,1-5H3. The molecule has 0 bridgehead atoms. The van der Waals surface area contributed by atoms with Crippen LogP contribution in [-0.4, -0.2) is 35.4 Å². The first-order valence-electron chi connectivity index (χ1n) is 11.3. The predicted octanol–water partition coefficient (Wildman–Crippen LogP) is 5.62. The van der Waals surface area contributed by atoms with E-state index in [1.165, 1.54) is 18.3 Å². The number of thiophene rings is 1. The summed E-state index contributed by atoms with van der Waals surface area (Å²) in [6.45, 7) is 6.83. The smallest absolute Gasteiger partial charge is 0.348 e. The third-order valence-electron chi connectivity index (χ3n) is 6.04. The SMILES string of the molecule is CCOC(=O)c1cc(C)nc2sc3c(-c4ccc(OC)cc4)c4c(C)c(C(C)=O)c(=O)oc4nc3c12. The van der Waals surface area contributed by atoms with Crippen molar-refractivity contribution in [2.24, 2.45) is 0 Å². The zero-order chi connectivity index (χ0) is 25.7. The number of pyridine rings is 2. The lowest BCUT2D eigenvalue weighted by Crippen LogP contribution is -2.15. The molecule has 0 aliphatic rings. The summed E-state index contributed by atoms with van der Waals surface area (Å²) in [5.74, 6) is -0.188. The molecule has 5 rings (SSSR count). The Bertz CT molecular complexity index is 1770. The van der Waals surface area contributed by atoms with Gasteiger partial charge in [0.1, 0.15) is 16.1 Å². The second-order valence-corrected chi connectivity index (χ2v) is 9.33. The highest BCUT2D eigenvalue weighted by Crippen LogP contribution is 2.44. The van der Waals surface area contributed by atoms with E-state index in [0.717, 1.165) is 15.8 Å². The second kappa shape index (κ2) is 8.83. The lowest BCUT2D eigenvalue weighted by atomic mass is 9.96. The fraction of sp³-hybridized carbons (Fsp3) is 0.222. The number of carbonyl (C=O) groups excluding carboxylic acids is 2. The summed E-state index contributed by atoms with van der Waals surface area (Å²) < 4.78 is 17.0. The summed E-state index contributed by atoms with van der Waals surface area (Å²) in [7, 11) is 1.59. The minimum atomic E-state index is -0.751. The molecule has 1 aromatic carbocycles. The molecule has 0 atom stereocenters. The zero-order valence-electron chi connectivity index (χ0n) is 20.3. The van der Waals surface area contributed by atoms with Crippen LogP contribution < -0.4 is 10.4 Å². The third kappa shape index (κ3) is 3.63. The van der Waals surface area contributed by atoms with Gasteiger partial charge in [0.2, 0.25) is 5.71 Å². The molecule has 36 heavy (non-hydrogen) atoms. The molecule has 0 unspecified atom stereocenters. The van der Waals surface area contributed by atoms with Crippen molar-refractivity contribution < 1.29 is 23.5 Å². The number of hydrogen-bond acceptors (Lipinski definition) is 9. The largest absolute Gasteiger partial charge is 0.497 e. The Balaban J connectivity index is 2.02. The van der Waals surface area contributed by atoms with Crippen molar-refractivity contribution in [3.8, 4) is 16.9 Å². The molecule has 0 spiro atoms. The molecular weight excluding hydrogens is 480 g/mol. The van der Waals surface area contributed by atoms with Crippen molar-refractivity contribution in [3.05, 3.63) is 63.1 Å². The van der Waals surface area contributed by atoms with E-state index in [0.29, 0.717) is 43.7 Å². The number of aromatic nitrogens is 2. The molecule has 4 heterocycles. The number of ether oxygens (including phenoxy) is 2. The quantitative estimate of drug-likeness (QED) is 0.225. The van der Waals surface area contributed by atoms with Crippen LogP contribution in [0.1, 0.15) is 45.8 Å². The average molecular weight is 503 g/mol. The fourth-order valence-electron chi connectivity index (χ4n) is 4.51. The van der Waals surface area contributed by atoms with E-state index in [9.17, 15) is 14.4 Å². The molecule has 0 radical (unpaired) electrons. The third-order valence-corrected chi connectivity index (χ3v) is 7.13. The molecule has 0 N–H and O–H groups in total. The molecule has 4 aromatic heterocycles. The number of Topliss-reactive ketones (excluding diaryl/α,β-unsaturated/α-hetero) is 1. The maximum absolute atomic E-state index is 12.9. The van der Waals surface area contributed by atoms with Crippen molar-refractivity contribution in [1.82, 2.24) is 9.97 Å². The summed E-state index contributed by atoms with van der Waals surface area (Å²) >= 11 is 1.38. The number of rotatable bonds is 5. The topological polar surface area (TPSA) is 109 Å². The predicted molar refractivity (Wildman–Crippen MR) is 138 cm³/mol. The molecule has 182 valence electrons. The van der Waals surface area contributed by atoms with Gasteiger partial charge in [0.25, 0.3) is 0 Å². The minimum Gasteiger partial charge on any atom is -0.497 e. The Hall–Kier alpha value is -4.11. The van der Waals surface area contributed by atoms with E-state index in [2.05, 4.69) is 4.98 Å². The normalized spacial score (nSPS) is 11.4. The molecule has 0 aliphatic heterocycles. The van der Waals surface area contributed by atoms with Gasteiger partial charge in [0.05, 0.1) is 40.3 Å². The van der Waals surface area contributed by atoms with Crippen LogP contribution >= 0.6 is 11.3 Å². The Morgan fingerprint density at radius 2 is 1.81 bits per heavy atom. The number of fused-ring (bicyclic) bond motifs is 4. The first-order chi connectivity index (χ1) is 17.2. The van der Waals surface area contributed by atoms with Crippen molar-refractivity contribution in [2.75, 3.05) is 13.7 Å². The van der Waals surface area contributed by atoms with Gasteiger partial charge in [0, 0.05) is 11.3 Å². The Kier molecular flexibility index (Phi) is 5.80. The van der Waals surface area contributed by atoms with Gasteiger partial charge in [-0.15, -0.1) is 11.3 Å². The molecule has 8 nitrogen and oxygen atoms in total. The lowest BCUT2D eigenvalue weighted by Gasteiger charge is -2.12. The number of aryl methyl sites for hydroxylation is 2. The lowest BCUT2D eigenvalue weighted by molar-refractivity contribution is 0.0528. The first-order valence-corrected chi connectivity index (χ1v) is 12.1. The van der Waals surface area contributed by atoms with Crippen molar-refractivity contribution in [2.45, 2.75) is 27.7 Å². The van der Waals surface area contributed by atoms with Gasteiger partial charge in [-0.1, -0.05) is 12.1 Å². The number of carbonyl (C=O) groups is 2. The maximum atomic E-state index is 12.9. The molecule has 0 fully saturated rings. The van der Waals surface area contributed by atoms with Crippen LogP contribution in [0, 0.1) is 13.8 Å². The Labute approximate surface area is 209 Å². The molecule has 0 amide bonds. The highest BCUT2D eigenvalue weighted by Gasteiger charge is 2.26. The zero-order valence-corrected chi connectivity index (χ0v) is 21.2. The second-order valence-electron chi connectivity index (χ2n) is 8.33. The van der Waals surface area contributed by atoms with Gasteiger partial charge in [-0.2, -0.15) is 0 Å². The summed E-state index contributed by atoms with van der Waals surface area (Å²) in [6, 6.07) is 9.10. The van der Waals surface area contributed by atoms with Gasteiger partial charge in [0.15, 0.2) is 5.78 Å². The summed E-state index contributed by atoms with van der Waals surface area (Å²) in [6.07, 6.45) is 0. The summed E-state index contributed by atoms with van der Waals surface area (Å²) in [5, 5.41) is 1.09. The number of ketones is 1. The van der Waals surface area contributed by atoms with E-state index in [4.69, 9.17) is 18.9 Å². The molecule has 0 aliphatic carbocycles. The van der Waals surface area contributed by atoms with Crippen LogP contribution in [0.3, 0.4) is 0 Å². The van der Waals surface area contributed by atoms with Gasteiger partial charge in [-0.05, 0) is 57.0 Å². The first kappa shape index (κ1) is 23.6. The van der Waals surface area contributed by atoms with Crippen LogP contribution in [-0.2, 0) is 4.74 Å². The number of methoxy groups -OCH3 is 1. The van der Waals surface area contributed by atoms with Crippen molar-refractivity contribution in [3.63, 3.8) is 0 Å². The maximum Gasteiger partial charge on any atom is 0.348 e. The number of esters is 1. The summed E-state index contributed by atoms with van der Waals surface area (Å²) in [5.41, 5.74) is 2.82. The van der Waals surface area contributed by atoms with E-state index >= 15 is 0 Å². The van der Waals surface area contributed by atoms with Gasteiger partial charge in [-0.3, -0.25) is 4.79 Å². The number of benzene rings is 1. The molecule has 9 heteroatoms. The van der Waals surface area contributed by atoms with E-state index in [1.807, 2.05) is 31.2 Å². The van der Waals surface area contributed by atoms with Gasteiger partial charge in [-0.25, -0.2) is 19.6 Å².